The number of nitrogens with one attached hydrogen (secondary N) is 1. The van der Waals surface area contributed by atoms with E-state index in [0.717, 1.165) is 22.5 Å². The Hall–Kier alpha value is -3.23. The summed E-state index contributed by atoms with van der Waals surface area (Å²) in [5.74, 6) is 0.834. The van der Waals surface area contributed by atoms with Gasteiger partial charge in [-0.2, -0.15) is 4.98 Å². The van der Waals surface area contributed by atoms with Crippen LogP contribution < -0.4 is 11.1 Å². The molecule has 0 fully saturated rings. The Kier molecular flexibility index (Phi) is 4.35. The number of pyridine rings is 1. The quantitative estimate of drug-likeness (QED) is 0.466. The molecule has 0 aliphatic rings. The number of hydrogen-bond acceptors (Lipinski definition) is 7. The minimum Gasteiger partial charge on any atom is -0.368 e. The first kappa shape index (κ1) is 17.2. The number of aliphatic hydroxyl groups is 1. The molecule has 1 aromatic carbocycles. The maximum Gasteiger partial charge on any atom is 0.243 e. The van der Waals surface area contributed by atoms with Gasteiger partial charge in [0.25, 0.3) is 0 Å². The molecular weight excluding hydrogens is 344 g/mol. The minimum absolute atomic E-state index is 0.328. The number of nitrogens with zero attached hydrogens (tertiary/aromatic N) is 4. The molecule has 0 amide bonds. The maximum absolute atomic E-state index is 10.7. The molecule has 8 nitrogen and oxygen atoms in total. The third kappa shape index (κ3) is 3.27. The third-order valence-corrected chi connectivity index (χ3v) is 4.35. The first-order chi connectivity index (χ1) is 13.0. The van der Waals surface area contributed by atoms with Crippen LogP contribution >= 0.6 is 0 Å². The first-order valence-corrected chi connectivity index (χ1v) is 8.60. The first-order valence-electron chi connectivity index (χ1n) is 8.60. The number of imidazole rings is 1. The van der Waals surface area contributed by atoms with Crippen LogP contribution in [0.5, 0.6) is 0 Å². The number of benzene rings is 1. The van der Waals surface area contributed by atoms with Crippen molar-refractivity contribution in [1.29, 1.82) is 0 Å². The van der Waals surface area contributed by atoms with Crippen LogP contribution in [-0.2, 0) is 0 Å². The van der Waals surface area contributed by atoms with E-state index in [1.54, 1.807) is 13.1 Å². The van der Waals surface area contributed by atoms with E-state index in [1.807, 2.05) is 53.9 Å². The molecule has 4 rings (SSSR count). The molecule has 0 spiro atoms. The largest absolute Gasteiger partial charge is 0.368 e. The van der Waals surface area contributed by atoms with Crippen LogP contribution in [0.3, 0.4) is 0 Å². The fourth-order valence-electron chi connectivity index (χ4n) is 2.83. The number of hydrogen-bond donors (Lipinski definition) is 3. The normalized spacial score (nSPS) is 13.6. The molecule has 0 radical (unpaired) electrons. The Morgan fingerprint density at radius 2 is 2.11 bits per heavy atom. The summed E-state index contributed by atoms with van der Waals surface area (Å²) < 4.78 is 7.01. The number of fused-ring (bicyclic) bond motifs is 1. The van der Waals surface area contributed by atoms with Crippen molar-refractivity contribution in [2.45, 2.75) is 26.1 Å². The molecule has 8 heteroatoms. The van der Waals surface area contributed by atoms with Gasteiger partial charge in [-0.3, -0.25) is 4.40 Å². The van der Waals surface area contributed by atoms with E-state index in [1.165, 1.54) is 0 Å². The molecule has 3 heterocycles. The summed E-state index contributed by atoms with van der Waals surface area (Å²) in [6.45, 7) is 3.74. The van der Waals surface area contributed by atoms with Crippen LogP contribution in [0.4, 0.5) is 5.69 Å². The smallest absolute Gasteiger partial charge is 0.243 e. The monoisotopic (exact) mass is 364 g/mol. The topological polar surface area (TPSA) is 114 Å². The molecule has 3 aromatic heterocycles. The number of aryl methyl sites for hydroxylation is 1. The van der Waals surface area contributed by atoms with Crippen LogP contribution in [0.25, 0.3) is 17.0 Å². The van der Waals surface area contributed by atoms with Crippen molar-refractivity contribution in [3.05, 3.63) is 65.9 Å². The summed E-state index contributed by atoms with van der Waals surface area (Å²) in [5.41, 5.74) is 9.70. The van der Waals surface area contributed by atoms with Crippen LogP contribution in [0.15, 0.2) is 53.3 Å². The molecular formula is C19H20N6O2. The van der Waals surface area contributed by atoms with E-state index >= 15 is 0 Å². The fraction of sp³-hybridized carbons (Fsp3) is 0.211. The Bertz CT molecular complexity index is 1080. The van der Waals surface area contributed by atoms with Crippen molar-refractivity contribution in [2.24, 2.45) is 5.73 Å². The van der Waals surface area contributed by atoms with Gasteiger partial charge in [0.05, 0.1) is 17.9 Å². The van der Waals surface area contributed by atoms with Gasteiger partial charge in [0.15, 0.2) is 6.23 Å². The summed E-state index contributed by atoms with van der Waals surface area (Å²) in [5, 5.41) is 17.8. The van der Waals surface area contributed by atoms with Gasteiger partial charge in [0.1, 0.15) is 5.65 Å². The van der Waals surface area contributed by atoms with Gasteiger partial charge in [-0.15, -0.1) is 0 Å². The standard InChI is InChI=1S/C19H20N6O2/c1-11-6-7-13(17-23-19(12(2)20)27-24-17)9-14(11)22-18(26)15-10-21-16-5-3-4-8-25(15)16/h3-10,12,18,22,26H,20H2,1-2H3. The van der Waals surface area contributed by atoms with Crippen molar-refractivity contribution in [1.82, 2.24) is 19.5 Å². The summed E-state index contributed by atoms with van der Waals surface area (Å²) in [4.78, 5) is 8.62. The van der Waals surface area contributed by atoms with Gasteiger partial charge in [-0.05, 0) is 37.6 Å². The molecule has 138 valence electrons. The zero-order valence-corrected chi connectivity index (χ0v) is 15.0. The molecule has 0 saturated heterocycles. The lowest BCUT2D eigenvalue weighted by atomic mass is 10.1. The van der Waals surface area contributed by atoms with E-state index in [0.29, 0.717) is 17.4 Å². The Morgan fingerprint density at radius 1 is 1.26 bits per heavy atom. The summed E-state index contributed by atoms with van der Waals surface area (Å²) in [7, 11) is 0. The van der Waals surface area contributed by atoms with Crippen LogP contribution in [0.1, 0.15) is 36.3 Å². The van der Waals surface area contributed by atoms with Crippen LogP contribution in [0, 0.1) is 6.92 Å². The molecule has 0 aliphatic heterocycles. The van der Waals surface area contributed by atoms with E-state index in [9.17, 15) is 5.11 Å². The summed E-state index contributed by atoms with van der Waals surface area (Å²) in [6, 6.07) is 11.1. The van der Waals surface area contributed by atoms with E-state index < -0.39 is 6.23 Å². The molecule has 4 aromatic rings. The SMILES string of the molecule is Cc1ccc(-c2noc(C(C)N)n2)cc1NC(O)c1cnc2ccccn12. The van der Waals surface area contributed by atoms with Gasteiger partial charge >= 0.3 is 0 Å². The van der Waals surface area contributed by atoms with Crippen LogP contribution in [0.2, 0.25) is 0 Å². The highest BCUT2D eigenvalue weighted by Gasteiger charge is 2.16. The highest BCUT2D eigenvalue weighted by molar-refractivity contribution is 5.65. The second kappa shape index (κ2) is 6.82. The lowest BCUT2D eigenvalue weighted by Gasteiger charge is -2.16. The second-order valence-corrected chi connectivity index (χ2v) is 6.43. The Morgan fingerprint density at radius 3 is 2.89 bits per heavy atom. The Labute approximate surface area is 155 Å². The van der Waals surface area contributed by atoms with Crippen molar-refractivity contribution < 1.29 is 9.63 Å². The van der Waals surface area contributed by atoms with Crippen LogP contribution in [-0.4, -0.2) is 24.6 Å². The maximum atomic E-state index is 10.7. The number of aliphatic hydroxyl groups excluding tert-OH is 1. The third-order valence-electron chi connectivity index (χ3n) is 4.35. The number of rotatable bonds is 5. The van der Waals surface area contributed by atoms with Gasteiger partial charge < -0.3 is 20.7 Å². The molecule has 27 heavy (non-hydrogen) atoms. The molecule has 2 atom stereocenters. The zero-order chi connectivity index (χ0) is 19.0. The fourth-order valence-corrected chi connectivity index (χ4v) is 2.83. The molecule has 4 N–H and O–H groups in total. The summed E-state index contributed by atoms with van der Waals surface area (Å²) >= 11 is 0. The van der Waals surface area contributed by atoms with Crippen molar-refractivity contribution in [3.63, 3.8) is 0 Å². The average Bonchev–Trinajstić information content (AvgIpc) is 3.30. The van der Waals surface area contributed by atoms with Gasteiger partial charge in [-0.1, -0.05) is 23.4 Å². The minimum atomic E-state index is -0.929. The predicted molar refractivity (Wildman–Crippen MR) is 101 cm³/mol. The van der Waals surface area contributed by atoms with Crippen molar-refractivity contribution in [2.75, 3.05) is 5.32 Å². The molecule has 0 aliphatic carbocycles. The highest BCUT2D eigenvalue weighted by atomic mass is 16.5. The van der Waals surface area contributed by atoms with Gasteiger partial charge in [0, 0.05) is 17.4 Å². The number of anilines is 1. The predicted octanol–water partition coefficient (Wildman–Crippen LogP) is 2.82. The second-order valence-electron chi connectivity index (χ2n) is 6.43. The lowest BCUT2D eigenvalue weighted by Crippen LogP contribution is -2.12. The van der Waals surface area contributed by atoms with E-state index in [-0.39, 0.29) is 6.04 Å². The molecule has 2 unspecified atom stereocenters. The number of aromatic nitrogens is 4. The molecule has 0 bridgehead atoms. The Balaban J connectivity index is 1.63. The van der Waals surface area contributed by atoms with Crippen molar-refractivity contribution in [3.8, 4) is 11.4 Å². The van der Waals surface area contributed by atoms with Gasteiger partial charge in [-0.25, -0.2) is 4.98 Å². The highest BCUT2D eigenvalue weighted by Crippen LogP contribution is 2.27. The van der Waals surface area contributed by atoms with E-state index in [2.05, 4.69) is 20.4 Å². The summed E-state index contributed by atoms with van der Waals surface area (Å²) in [6.07, 6.45) is 2.59. The molecule has 0 saturated carbocycles. The number of nitrogens with two attached hydrogens (primary N) is 1. The van der Waals surface area contributed by atoms with Gasteiger partial charge in [0.2, 0.25) is 11.7 Å². The van der Waals surface area contributed by atoms with Crippen molar-refractivity contribution >= 4 is 11.3 Å². The lowest BCUT2D eigenvalue weighted by molar-refractivity contribution is 0.202. The zero-order valence-electron chi connectivity index (χ0n) is 15.0. The average molecular weight is 364 g/mol. The van der Waals surface area contributed by atoms with E-state index in [4.69, 9.17) is 10.3 Å².